The van der Waals surface area contributed by atoms with Crippen molar-refractivity contribution in [2.45, 2.75) is 13.0 Å². The van der Waals surface area contributed by atoms with Gasteiger partial charge in [-0.1, -0.05) is 30.3 Å². The SMILES string of the molecule is c1ccc(-c2csc(CNCCc3ccncc3)n2)cc1. The molecule has 3 rings (SSSR count). The number of aromatic nitrogens is 2. The molecular weight excluding hydrogens is 278 g/mol. The average Bonchev–Trinajstić information content (AvgIpc) is 3.02. The van der Waals surface area contributed by atoms with Crippen molar-refractivity contribution in [2.75, 3.05) is 6.54 Å². The smallest absolute Gasteiger partial charge is 0.107 e. The minimum absolute atomic E-state index is 0.822. The van der Waals surface area contributed by atoms with Gasteiger partial charge in [-0.25, -0.2) is 4.98 Å². The van der Waals surface area contributed by atoms with Crippen molar-refractivity contribution in [3.05, 3.63) is 70.8 Å². The van der Waals surface area contributed by atoms with Gasteiger partial charge in [0.15, 0.2) is 0 Å². The van der Waals surface area contributed by atoms with Gasteiger partial charge in [-0.3, -0.25) is 4.98 Å². The first-order chi connectivity index (χ1) is 10.4. The molecule has 1 aromatic carbocycles. The van der Waals surface area contributed by atoms with E-state index in [-0.39, 0.29) is 0 Å². The third-order valence-electron chi connectivity index (χ3n) is 3.24. The Labute approximate surface area is 128 Å². The van der Waals surface area contributed by atoms with E-state index in [4.69, 9.17) is 0 Å². The van der Waals surface area contributed by atoms with Gasteiger partial charge >= 0.3 is 0 Å². The minimum Gasteiger partial charge on any atom is -0.310 e. The van der Waals surface area contributed by atoms with E-state index in [0.29, 0.717) is 0 Å². The van der Waals surface area contributed by atoms with Gasteiger partial charge in [0.1, 0.15) is 5.01 Å². The summed E-state index contributed by atoms with van der Waals surface area (Å²) in [5.74, 6) is 0. The van der Waals surface area contributed by atoms with E-state index in [9.17, 15) is 0 Å². The zero-order chi connectivity index (χ0) is 14.3. The second-order valence-electron chi connectivity index (χ2n) is 4.77. The van der Waals surface area contributed by atoms with Crippen molar-refractivity contribution < 1.29 is 0 Å². The first-order valence-corrected chi connectivity index (χ1v) is 7.89. The maximum Gasteiger partial charge on any atom is 0.107 e. The molecule has 0 aliphatic carbocycles. The molecule has 0 atom stereocenters. The summed E-state index contributed by atoms with van der Waals surface area (Å²) in [7, 11) is 0. The minimum atomic E-state index is 0.822. The Morgan fingerprint density at radius 2 is 1.81 bits per heavy atom. The summed E-state index contributed by atoms with van der Waals surface area (Å²) in [6.07, 6.45) is 4.68. The van der Waals surface area contributed by atoms with Gasteiger partial charge < -0.3 is 5.32 Å². The van der Waals surface area contributed by atoms with Crippen LogP contribution >= 0.6 is 11.3 Å². The summed E-state index contributed by atoms with van der Waals surface area (Å²) in [6.45, 7) is 1.77. The van der Waals surface area contributed by atoms with E-state index in [2.05, 4.69) is 44.9 Å². The topological polar surface area (TPSA) is 37.8 Å². The number of benzene rings is 1. The highest BCUT2D eigenvalue weighted by atomic mass is 32.1. The molecule has 0 amide bonds. The van der Waals surface area contributed by atoms with Crippen molar-refractivity contribution in [3.8, 4) is 11.3 Å². The lowest BCUT2D eigenvalue weighted by Gasteiger charge is -2.02. The van der Waals surface area contributed by atoms with Gasteiger partial charge in [0.05, 0.1) is 5.69 Å². The maximum atomic E-state index is 4.67. The van der Waals surface area contributed by atoms with Crippen molar-refractivity contribution in [3.63, 3.8) is 0 Å². The first kappa shape index (κ1) is 13.9. The molecule has 0 unspecified atom stereocenters. The van der Waals surface area contributed by atoms with E-state index < -0.39 is 0 Å². The molecule has 0 spiro atoms. The molecule has 106 valence electrons. The average molecular weight is 295 g/mol. The quantitative estimate of drug-likeness (QED) is 0.707. The molecule has 3 aromatic rings. The molecule has 1 N–H and O–H groups in total. The standard InChI is InChI=1S/C17H17N3S/c1-2-4-15(5-3-1)16-13-21-17(20-16)12-19-11-8-14-6-9-18-10-7-14/h1-7,9-10,13,19H,8,11-12H2. The lowest BCUT2D eigenvalue weighted by atomic mass is 10.2. The Kier molecular flexibility index (Phi) is 4.71. The molecule has 4 heteroatoms. The molecule has 0 fully saturated rings. The van der Waals surface area contributed by atoms with Crippen molar-refractivity contribution in [1.29, 1.82) is 0 Å². The highest BCUT2D eigenvalue weighted by Crippen LogP contribution is 2.21. The van der Waals surface area contributed by atoms with Crippen LogP contribution in [0.15, 0.2) is 60.2 Å². The fraction of sp³-hybridized carbons (Fsp3) is 0.176. The summed E-state index contributed by atoms with van der Waals surface area (Å²) >= 11 is 1.71. The van der Waals surface area contributed by atoms with Crippen LogP contribution in [0.25, 0.3) is 11.3 Å². The van der Waals surface area contributed by atoms with E-state index >= 15 is 0 Å². The summed E-state index contributed by atoms with van der Waals surface area (Å²) in [5.41, 5.74) is 3.55. The Morgan fingerprint density at radius 1 is 1.00 bits per heavy atom. The van der Waals surface area contributed by atoms with Crippen LogP contribution in [0.1, 0.15) is 10.6 Å². The van der Waals surface area contributed by atoms with Gasteiger partial charge in [-0.05, 0) is 30.7 Å². The number of hydrogen-bond donors (Lipinski definition) is 1. The number of nitrogens with zero attached hydrogens (tertiary/aromatic N) is 2. The first-order valence-electron chi connectivity index (χ1n) is 7.01. The van der Waals surface area contributed by atoms with Gasteiger partial charge in [0.25, 0.3) is 0 Å². The molecule has 0 saturated heterocycles. The molecule has 0 aliphatic heterocycles. The fourth-order valence-electron chi connectivity index (χ4n) is 2.11. The number of pyridine rings is 1. The van der Waals surface area contributed by atoms with Crippen molar-refractivity contribution in [1.82, 2.24) is 15.3 Å². The largest absolute Gasteiger partial charge is 0.310 e. The Bertz CT molecular complexity index is 665. The molecule has 0 aliphatic rings. The third-order valence-corrected chi connectivity index (χ3v) is 4.09. The monoisotopic (exact) mass is 295 g/mol. The molecule has 2 heterocycles. The van der Waals surface area contributed by atoms with Gasteiger partial charge in [0.2, 0.25) is 0 Å². The van der Waals surface area contributed by atoms with Crippen LogP contribution in [0.4, 0.5) is 0 Å². The second-order valence-corrected chi connectivity index (χ2v) is 5.72. The van der Waals surface area contributed by atoms with Crippen LogP contribution in [-0.2, 0) is 13.0 Å². The number of hydrogen-bond acceptors (Lipinski definition) is 4. The fourth-order valence-corrected chi connectivity index (χ4v) is 2.88. The molecule has 3 nitrogen and oxygen atoms in total. The van der Waals surface area contributed by atoms with Crippen LogP contribution < -0.4 is 5.32 Å². The molecule has 0 saturated carbocycles. The van der Waals surface area contributed by atoms with Crippen LogP contribution in [0.5, 0.6) is 0 Å². The molecule has 2 aromatic heterocycles. The molecule has 0 radical (unpaired) electrons. The highest BCUT2D eigenvalue weighted by Gasteiger charge is 2.03. The predicted octanol–water partition coefficient (Wildman–Crippen LogP) is 3.54. The summed E-state index contributed by atoms with van der Waals surface area (Å²) < 4.78 is 0. The number of thiazole rings is 1. The molecule has 0 bridgehead atoms. The van der Waals surface area contributed by atoms with Gasteiger partial charge in [-0.2, -0.15) is 0 Å². The predicted molar refractivity (Wildman–Crippen MR) is 87.2 cm³/mol. The zero-order valence-electron chi connectivity index (χ0n) is 11.7. The zero-order valence-corrected chi connectivity index (χ0v) is 12.5. The van der Waals surface area contributed by atoms with Crippen LogP contribution in [0.2, 0.25) is 0 Å². The lowest BCUT2D eigenvalue weighted by molar-refractivity contribution is 0.684. The van der Waals surface area contributed by atoms with E-state index in [1.165, 1.54) is 11.1 Å². The summed E-state index contributed by atoms with van der Waals surface area (Å²) in [5, 5.41) is 6.69. The van der Waals surface area contributed by atoms with E-state index in [1.54, 1.807) is 11.3 Å². The summed E-state index contributed by atoms with van der Waals surface area (Å²) in [6, 6.07) is 14.4. The van der Waals surface area contributed by atoms with Crippen molar-refractivity contribution in [2.24, 2.45) is 0 Å². The van der Waals surface area contributed by atoms with Crippen LogP contribution in [0, 0.1) is 0 Å². The van der Waals surface area contributed by atoms with E-state index in [1.807, 2.05) is 30.6 Å². The number of nitrogens with one attached hydrogen (secondary N) is 1. The number of rotatable bonds is 6. The van der Waals surface area contributed by atoms with Crippen molar-refractivity contribution >= 4 is 11.3 Å². The second kappa shape index (κ2) is 7.11. The highest BCUT2D eigenvalue weighted by molar-refractivity contribution is 7.09. The van der Waals surface area contributed by atoms with Crippen LogP contribution in [0.3, 0.4) is 0 Å². The Hall–Kier alpha value is -2.04. The molecule has 21 heavy (non-hydrogen) atoms. The maximum absolute atomic E-state index is 4.67. The molecular formula is C17H17N3S. The normalized spacial score (nSPS) is 10.7. The third kappa shape index (κ3) is 3.97. The lowest BCUT2D eigenvalue weighted by Crippen LogP contribution is -2.16. The van der Waals surface area contributed by atoms with Crippen LogP contribution in [-0.4, -0.2) is 16.5 Å². The van der Waals surface area contributed by atoms with Gasteiger partial charge in [-0.15, -0.1) is 11.3 Å². The van der Waals surface area contributed by atoms with E-state index in [0.717, 1.165) is 30.2 Å². The Morgan fingerprint density at radius 3 is 2.62 bits per heavy atom. The Balaban J connectivity index is 1.49. The summed E-state index contributed by atoms with van der Waals surface area (Å²) in [4.78, 5) is 8.70. The van der Waals surface area contributed by atoms with Gasteiger partial charge in [0, 0.05) is 29.9 Å².